The second-order valence-corrected chi connectivity index (χ2v) is 7.84. The van der Waals surface area contributed by atoms with Gasteiger partial charge in [0.1, 0.15) is 17.5 Å². The molecule has 0 aromatic carbocycles. The molecular weight excluding hydrogens is 452 g/mol. The highest BCUT2D eigenvalue weighted by atomic mass is 35.5. The molecule has 180 valence electrons. The van der Waals surface area contributed by atoms with Crippen LogP contribution in [0.15, 0.2) is 16.4 Å². The van der Waals surface area contributed by atoms with Gasteiger partial charge in [0.25, 0.3) is 0 Å². The molecule has 1 aliphatic heterocycles. The minimum atomic E-state index is -0.529. The first-order chi connectivity index (χ1) is 16.0. The zero-order valence-corrected chi connectivity index (χ0v) is 19.5. The van der Waals surface area contributed by atoms with E-state index in [1.165, 1.54) is 10.8 Å². The summed E-state index contributed by atoms with van der Waals surface area (Å²) in [7, 11) is 0. The summed E-state index contributed by atoms with van der Waals surface area (Å²) in [5.74, 6) is 0.0391. The molecule has 0 radical (unpaired) electrons. The molecule has 0 atom stereocenters. The van der Waals surface area contributed by atoms with E-state index in [0.29, 0.717) is 37.9 Å². The van der Waals surface area contributed by atoms with Crippen molar-refractivity contribution < 1.29 is 14.3 Å². The molecule has 0 bridgehead atoms. The largest absolute Gasteiger partial charge is 0.464 e. The fourth-order valence-electron chi connectivity index (χ4n) is 3.85. The van der Waals surface area contributed by atoms with Gasteiger partial charge in [0.15, 0.2) is 0 Å². The summed E-state index contributed by atoms with van der Waals surface area (Å²) in [6.45, 7) is 5.38. The van der Waals surface area contributed by atoms with Crippen molar-refractivity contribution in [1.29, 1.82) is 0 Å². The highest BCUT2D eigenvalue weighted by Crippen LogP contribution is 2.19. The van der Waals surface area contributed by atoms with Crippen molar-refractivity contribution in [3.05, 3.63) is 38.1 Å². The van der Waals surface area contributed by atoms with Crippen LogP contribution in [0.3, 0.4) is 0 Å². The number of likely N-dealkylation sites (N-methyl/N-ethyl adjacent to an activating group) is 1. The van der Waals surface area contributed by atoms with Crippen LogP contribution in [0.1, 0.15) is 32.0 Å². The Kier molecular flexibility index (Phi) is 11.3. The first kappa shape index (κ1) is 26.3. The first-order valence-electron chi connectivity index (χ1n) is 10.9. The Morgan fingerprint density at radius 1 is 1.27 bits per heavy atom. The van der Waals surface area contributed by atoms with E-state index >= 15 is 0 Å². The molecule has 0 saturated carbocycles. The summed E-state index contributed by atoms with van der Waals surface area (Å²) in [4.78, 5) is 38.5. The van der Waals surface area contributed by atoms with Crippen LogP contribution in [-0.2, 0) is 27.3 Å². The number of ether oxygens (including phenoxy) is 1. The number of hydrogen-bond acceptors (Lipinski definition) is 7. The number of piperidine rings is 1. The Labute approximate surface area is 196 Å². The lowest BCUT2D eigenvalue weighted by Gasteiger charge is -2.38. The van der Waals surface area contributed by atoms with Gasteiger partial charge in [-0.25, -0.2) is 4.98 Å². The van der Waals surface area contributed by atoms with Gasteiger partial charge < -0.3 is 19.1 Å². The van der Waals surface area contributed by atoms with E-state index in [-0.39, 0.29) is 37.2 Å². The molecular formula is C19H29ClN10O3. The third-order valence-electron chi connectivity index (χ3n) is 5.55. The fourth-order valence-corrected chi connectivity index (χ4v) is 4.06. The first-order valence-corrected chi connectivity index (χ1v) is 11.3. The lowest BCUT2D eigenvalue weighted by Crippen LogP contribution is -2.47. The Bertz CT molecular complexity index is 886. The van der Waals surface area contributed by atoms with Gasteiger partial charge in [-0.15, -0.1) is 0 Å². The lowest BCUT2D eigenvalue weighted by molar-refractivity contribution is -0.144. The summed E-state index contributed by atoms with van der Waals surface area (Å²) in [5.41, 5.74) is 16.7. The molecule has 0 spiro atoms. The van der Waals surface area contributed by atoms with E-state index in [0.717, 1.165) is 25.9 Å². The smallest absolute Gasteiger partial charge is 0.326 e. The van der Waals surface area contributed by atoms with Crippen molar-refractivity contribution >= 4 is 23.5 Å². The molecule has 1 amide bonds. The van der Waals surface area contributed by atoms with Gasteiger partial charge >= 0.3 is 5.97 Å². The highest BCUT2D eigenvalue weighted by Gasteiger charge is 2.26. The minimum absolute atomic E-state index is 0.0139. The molecule has 13 nitrogen and oxygen atoms in total. The summed E-state index contributed by atoms with van der Waals surface area (Å²) in [6.07, 6.45) is 3.80. The van der Waals surface area contributed by atoms with E-state index in [9.17, 15) is 9.59 Å². The van der Waals surface area contributed by atoms with Crippen LogP contribution in [0.2, 0.25) is 5.15 Å². The van der Waals surface area contributed by atoms with Crippen LogP contribution in [-0.4, -0.2) is 83.1 Å². The fraction of sp³-hybridized carbons (Fsp3) is 0.737. The van der Waals surface area contributed by atoms with Gasteiger partial charge in [-0.2, -0.15) is 0 Å². The molecule has 33 heavy (non-hydrogen) atoms. The number of aryl methyl sites for hydroxylation is 1. The molecule has 2 rings (SSSR count). The Hall–Kier alpha value is -2.98. The number of carbonyl (C=O) groups is 2. The summed E-state index contributed by atoms with van der Waals surface area (Å²) >= 11 is 6.14. The van der Waals surface area contributed by atoms with E-state index in [1.54, 1.807) is 0 Å². The maximum atomic E-state index is 12.7. The zero-order chi connectivity index (χ0) is 24.1. The number of amides is 1. The highest BCUT2D eigenvalue weighted by molar-refractivity contribution is 6.29. The second kappa shape index (κ2) is 14.2. The van der Waals surface area contributed by atoms with Crippen LogP contribution in [0.5, 0.6) is 0 Å². The van der Waals surface area contributed by atoms with Gasteiger partial charge in [-0.3, -0.25) is 9.59 Å². The van der Waals surface area contributed by atoms with E-state index in [4.69, 9.17) is 27.4 Å². The third kappa shape index (κ3) is 8.47. The Morgan fingerprint density at radius 2 is 1.97 bits per heavy atom. The summed E-state index contributed by atoms with van der Waals surface area (Å²) < 4.78 is 6.52. The number of halogens is 1. The summed E-state index contributed by atoms with van der Waals surface area (Å²) in [6, 6.07) is 0.371. The predicted molar refractivity (Wildman–Crippen MR) is 121 cm³/mol. The van der Waals surface area contributed by atoms with Gasteiger partial charge in [0, 0.05) is 54.9 Å². The topological polar surface area (TPSA) is 165 Å². The average Bonchev–Trinajstić information content (AvgIpc) is 3.17. The van der Waals surface area contributed by atoms with Crippen molar-refractivity contribution in [1.82, 2.24) is 19.4 Å². The molecule has 1 aromatic heterocycles. The Balaban J connectivity index is 1.81. The molecule has 1 fully saturated rings. The van der Waals surface area contributed by atoms with Crippen LogP contribution in [0, 0.1) is 0 Å². The van der Waals surface area contributed by atoms with Gasteiger partial charge in [0.2, 0.25) is 5.91 Å². The number of hydrogen-bond donors (Lipinski definition) is 0. The number of imidazole rings is 1. The standard InChI is InChI=1S/C19H29ClN10O3/c1-2-28(11-7-24-26-21)15-5-9-29(10-6-15)18(31)4-3-17-23-13-16(20)30(17)14-19(32)33-12-8-25-27-22/h13,15H,2-12,14H2,1H3. The van der Waals surface area contributed by atoms with Crippen LogP contribution in [0.25, 0.3) is 20.9 Å². The molecule has 14 heteroatoms. The van der Waals surface area contributed by atoms with Crippen molar-refractivity contribution in [3.8, 4) is 0 Å². The van der Waals surface area contributed by atoms with Gasteiger partial charge in [-0.05, 0) is 30.4 Å². The predicted octanol–water partition coefficient (Wildman–Crippen LogP) is 2.95. The number of aromatic nitrogens is 2. The molecule has 1 aliphatic rings. The van der Waals surface area contributed by atoms with E-state index < -0.39 is 5.97 Å². The molecule has 0 unspecified atom stereocenters. The molecule has 1 saturated heterocycles. The normalized spacial score (nSPS) is 14.0. The number of esters is 1. The maximum Gasteiger partial charge on any atom is 0.326 e. The third-order valence-corrected chi connectivity index (χ3v) is 5.85. The molecule has 2 heterocycles. The quantitative estimate of drug-likeness (QED) is 0.139. The molecule has 0 N–H and O–H groups in total. The lowest BCUT2D eigenvalue weighted by atomic mass is 10.0. The van der Waals surface area contributed by atoms with Crippen LogP contribution in [0.4, 0.5) is 0 Å². The number of azide groups is 2. The zero-order valence-electron chi connectivity index (χ0n) is 18.7. The maximum absolute atomic E-state index is 12.7. The van der Waals surface area contributed by atoms with Crippen molar-refractivity contribution in [2.45, 2.75) is 45.2 Å². The van der Waals surface area contributed by atoms with Crippen molar-refractivity contribution in [2.75, 3.05) is 45.9 Å². The van der Waals surface area contributed by atoms with Crippen LogP contribution < -0.4 is 0 Å². The minimum Gasteiger partial charge on any atom is -0.464 e. The average molecular weight is 481 g/mol. The number of carbonyl (C=O) groups excluding carboxylic acids is 2. The summed E-state index contributed by atoms with van der Waals surface area (Å²) in [5, 5.41) is 7.19. The number of nitrogens with zero attached hydrogens (tertiary/aromatic N) is 10. The molecule has 0 aliphatic carbocycles. The van der Waals surface area contributed by atoms with Crippen LogP contribution >= 0.6 is 11.6 Å². The van der Waals surface area contributed by atoms with Gasteiger partial charge in [0.05, 0.1) is 19.3 Å². The van der Waals surface area contributed by atoms with E-state index in [2.05, 4.69) is 36.9 Å². The second-order valence-electron chi connectivity index (χ2n) is 7.45. The SMILES string of the molecule is CCN(CCN=[N+]=[N-])C1CCN(C(=O)CCc2ncc(Cl)n2CC(=O)OCCN=[N+]=[N-])CC1. The van der Waals surface area contributed by atoms with Crippen molar-refractivity contribution in [2.24, 2.45) is 10.2 Å². The Morgan fingerprint density at radius 3 is 2.64 bits per heavy atom. The van der Waals surface area contributed by atoms with Gasteiger partial charge in [-0.1, -0.05) is 28.8 Å². The number of likely N-dealkylation sites (tertiary alicyclic amines) is 1. The number of rotatable bonds is 13. The molecule has 1 aromatic rings. The monoisotopic (exact) mass is 480 g/mol. The van der Waals surface area contributed by atoms with E-state index in [1.807, 2.05) is 4.90 Å². The van der Waals surface area contributed by atoms with Crippen molar-refractivity contribution in [3.63, 3.8) is 0 Å².